The van der Waals surface area contributed by atoms with Crippen LogP contribution in [0.5, 0.6) is 0 Å². The van der Waals surface area contributed by atoms with Crippen LogP contribution in [0.25, 0.3) is 11.3 Å². The molecule has 29 heavy (non-hydrogen) atoms. The van der Waals surface area contributed by atoms with E-state index in [1.807, 2.05) is 25.3 Å². The number of rotatable bonds is 5. The highest BCUT2D eigenvalue weighted by Gasteiger charge is 2.26. The summed E-state index contributed by atoms with van der Waals surface area (Å²) in [6.45, 7) is 5.10. The van der Waals surface area contributed by atoms with Crippen LogP contribution in [-0.4, -0.2) is 48.2 Å². The zero-order valence-electron chi connectivity index (χ0n) is 16.7. The van der Waals surface area contributed by atoms with Gasteiger partial charge >= 0.3 is 0 Å². The largest absolute Gasteiger partial charge is 0.376 e. The van der Waals surface area contributed by atoms with Crippen LogP contribution in [0.1, 0.15) is 31.2 Å². The highest BCUT2D eigenvalue weighted by molar-refractivity contribution is 6.30. The molecule has 2 saturated heterocycles. The van der Waals surface area contributed by atoms with Crippen LogP contribution in [0, 0.1) is 12.8 Å². The quantitative estimate of drug-likeness (QED) is 0.809. The molecule has 2 aromatic heterocycles. The van der Waals surface area contributed by atoms with Gasteiger partial charge in [0, 0.05) is 50.1 Å². The number of nitrogens with zero attached hydrogens (tertiary/aromatic N) is 3. The van der Waals surface area contributed by atoms with E-state index in [-0.39, 0.29) is 17.9 Å². The van der Waals surface area contributed by atoms with E-state index >= 15 is 0 Å². The lowest BCUT2D eigenvalue weighted by molar-refractivity contribution is -0.126. The molecule has 0 unspecified atom stereocenters. The summed E-state index contributed by atoms with van der Waals surface area (Å²) in [7, 11) is 0. The smallest absolute Gasteiger partial charge is 0.223 e. The van der Waals surface area contributed by atoms with Crippen LogP contribution in [0.3, 0.4) is 0 Å². The van der Waals surface area contributed by atoms with Crippen molar-refractivity contribution in [2.45, 2.75) is 38.7 Å². The molecule has 4 heterocycles. The Morgan fingerprint density at radius 2 is 2.10 bits per heavy atom. The third-order valence-corrected chi connectivity index (χ3v) is 5.99. The molecule has 7 heteroatoms. The third kappa shape index (κ3) is 4.87. The van der Waals surface area contributed by atoms with E-state index in [9.17, 15) is 4.79 Å². The minimum absolute atomic E-state index is 0.0658. The molecule has 154 valence electrons. The Bertz CT molecular complexity index is 862. The van der Waals surface area contributed by atoms with Crippen molar-refractivity contribution in [1.29, 1.82) is 0 Å². The van der Waals surface area contributed by atoms with Gasteiger partial charge in [0.05, 0.1) is 16.8 Å². The standard InChI is InChI=1S/C22H27ClN4O2/c1-15-11-18(23)13-25-21(15)17-4-7-24-20(12-17)27-8-5-16(6-9-27)22(28)26-14-19-3-2-10-29-19/h4,7,11-13,16,19H,2-3,5-6,8-10,14H2,1H3,(H,26,28)/t19-/m1/s1. The van der Waals surface area contributed by atoms with Crippen molar-refractivity contribution in [3.8, 4) is 11.3 Å². The Morgan fingerprint density at radius 3 is 2.83 bits per heavy atom. The van der Waals surface area contributed by atoms with Crippen molar-refractivity contribution < 1.29 is 9.53 Å². The summed E-state index contributed by atoms with van der Waals surface area (Å²) in [6, 6.07) is 5.96. The molecule has 2 aliphatic heterocycles. The topological polar surface area (TPSA) is 67.4 Å². The number of hydrogen-bond acceptors (Lipinski definition) is 5. The predicted octanol–water partition coefficient (Wildman–Crippen LogP) is 3.62. The number of anilines is 1. The second kappa shape index (κ2) is 9.09. The first kappa shape index (κ1) is 20.1. The maximum absolute atomic E-state index is 12.5. The van der Waals surface area contributed by atoms with E-state index in [2.05, 4.69) is 26.3 Å². The van der Waals surface area contributed by atoms with Gasteiger partial charge in [-0.15, -0.1) is 0 Å². The van der Waals surface area contributed by atoms with Crippen molar-refractivity contribution in [3.05, 3.63) is 41.2 Å². The molecule has 6 nitrogen and oxygen atoms in total. The van der Waals surface area contributed by atoms with Crippen molar-refractivity contribution in [1.82, 2.24) is 15.3 Å². The Labute approximate surface area is 176 Å². The summed E-state index contributed by atoms with van der Waals surface area (Å²) < 4.78 is 5.58. The van der Waals surface area contributed by atoms with Crippen molar-refractivity contribution >= 4 is 23.3 Å². The molecule has 2 aromatic rings. The Morgan fingerprint density at radius 1 is 1.28 bits per heavy atom. The average Bonchev–Trinajstić information content (AvgIpc) is 3.26. The number of pyridine rings is 2. The molecule has 1 N–H and O–H groups in total. The second-order valence-corrected chi connectivity index (χ2v) is 8.30. The monoisotopic (exact) mass is 414 g/mol. The highest BCUT2D eigenvalue weighted by atomic mass is 35.5. The number of aromatic nitrogens is 2. The molecular weight excluding hydrogens is 388 g/mol. The normalized spacial score (nSPS) is 20.1. The van der Waals surface area contributed by atoms with Crippen LogP contribution < -0.4 is 10.2 Å². The Hall–Kier alpha value is -2.18. The minimum atomic E-state index is 0.0658. The maximum Gasteiger partial charge on any atom is 0.223 e. The number of carbonyl (C=O) groups is 1. The molecule has 0 saturated carbocycles. The molecule has 4 rings (SSSR count). The van der Waals surface area contributed by atoms with Gasteiger partial charge in [0.25, 0.3) is 0 Å². The first-order valence-electron chi connectivity index (χ1n) is 10.3. The van der Waals surface area contributed by atoms with E-state index in [0.717, 1.165) is 68.0 Å². The molecule has 2 aliphatic rings. The SMILES string of the molecule is Cc1cc(Cl)cnc1-c1ccnc(N2CCC(C(=O)NC[C@H]3CCCO3)CC2)c1. The fourth-order valence-corrected chi connectivity index (χ4v) is 4.33. The molecule has 2 fully saturated rings. The lowest BCUT2D eigenvalue weighted by Gasteiger charge is -2.32. The Kier molecular flexibility index (Phi) is 6.31. The van der Waals surface area contributed by atoms with Gasteiger partial charge in [0.1, 0.15) is 5.82 Å². The van der Waals surface area contributed by atoms with Crippen molar-refractivity contribution in [2.24, 2.45) is 5.92 Å². The van der Waals surface area contributed by atoms with Gasteiger partial charge in [-0.05, 0) is 56.4 Å². The van der Waals surface area contributed by atoms with Crippen molar-refractivity contribution in [2.75, 3.05) is 31.1 Å². The fourth-order valence-electron chi connectivity index (χ4n) is 4.12. The van der Waals surface area contributed by atoms with Crippen LogP contribution >= 0.6 is 11.6 Å². The van der Waals surface area contributed by atoms with Crippen LogP contribution in [0.2, 0.25) is 5.02 Å². The number of halogens is 1. The summed E-state index contributed by atoms with van der Waals surface area (Å²) in [4.78, 5) is 23.8. The van der Waals surface area contributed by atoms with Gasteiger partial charge in [-0.1, -0.05) is 11.6 Å². The third-order valence-electron chi connectivity index (χ3n) is 5.78. The highest BCUT2D eigenvalue weighted by Crippen LogP contribution is 2.28. The number of ether oxygens (including phenoxy) is 1. The molecule has 0 aromatic carbocycles. The summed E-state index contributed by atoms with van der Waals surface area (Å²) in [6.07, 6.45) is 7.49. The zero-order chi connectivity index (χ0) is 20.2. The molecular formula is C22H27ClN4O2. The van der Waals surface area contributed by atoms with Crippen LogP contribution in [0.15, 0.2) is 30.6 Å². The minimum Gasteiger partial charge on any atom is -0.376 e. The number of nitrogens with one attached hydrogen (secondary N) is 1. The Balaban J connectivity index is 1.35. The first-order valence-corrected chi connectivity index (χ1v) is 10.7. The molecule has 1 atom stereocenters. The van der Waals surface area contributed by atoms with Crippen LogP contribution in [-0.2, 0) is 9.53 Å². The van der Waals surface area contributed by atoms with E-state index < -0.39 is 0 Å². The van der Waals surface area contributed by atoms with E-state index in [4.69, 9.17) is 16.3 Å². The predicted molar refractivity (Wildman–Crippen MR) is 114 cm³/mol. The number of amides is 1. The van der Waals surface area contributed by atoms with Gasteiger partial charge in [-0.2, -0.15) is 0 Å². The summed E-state index contributed by atoms with van der Waals surface area (Å²) >= 11 is 6.03. The van der Waals surface area contributed by atoms with Gasteiger partial charge in [-0.3, -0.25) is 9.78 Å². The molecule has 0 spiro atoms. The average molecular weight is 415 g/mol. The summed E-state index contributed by atoms with van der Waals surface area (Å²) in [5, 5.41) is 3.71. The number of hydrogen-bond donors (Lipinski definition) is 1. The molecule has 1 amide bonds. The van der Waals surface area contributed by atoms with Crippen LogP contribution in [0.4, 0.5) is 5.82 Å². The van der Waals surface area contributed by atoms with Crippen molar-refractivity contribution in [3.63, 3.8) is 0 Å². The second-order valence-electron chi connectivity index (χ2n) is 7.86. The lowest BCUT2D eigenvalue weighted by Crippen LogP contribution is -2.42. The van der Waals surface area contributed by atoms with Gasteiger partial charge in [0.15, 0.2) is 0 Å². The maximum atomic E-state index is 12.5. The van der Waals surface area contributed by atoms with Gasteiger partial charge < -0.3 is 15.0 Å². The number of piperidine rings is 1. The number of carbonyl (C=O) groups excluding carboxylic acids is 1. The van der Waals surface area contributed by atoms with E-state index in [0.29, 0.717) is 11.6 Å². The first-order chi connectivity index (χ1) is 14.1. The zero-order valence-corrected chi connectivity index (χ0v) is 17.5. The van der Waals surface area contributed by atoms with Gasteiger partial charge in [0.2, 0.25) is 5.91 Å². The van der Waals surface area contributed by atoms with E-state index in [1.165, 1.54) is 0 Å². The molecule has 0 radical (unpaired) electrons. The molecule has 0 aliphatic carbocycles. The fraction of sp³-hybridized carbons (Fsp3) is 0.500. The lowest BCUT2D eigenvalue weighted by atomic mass is 9.95. The summed E-state index contributed by atoms with van der Waals surface area (Å²) in [5.41, 5.74) is 2.98. The summed E-state index contributed by atoms with van der Waals surface area (Å²) in [5.74, 6) is 1.15. The number of aryl methyl sites for hydroxylation is 1. The van der Waals surface area contributed by atoms with Gasteiger partial charge in [-0.25, -0.2) is 4.98 Å². The molecule has 0 bridgehead atoms. The van der Waals surface area contributed by atoms with E-state index in [1.54, 1.807) is 6.20 Å².